The van der Waals surface area contributed by atoms with E-state index in [1.54, 1.807) is 0 Å². The lowest BCUT2D eigenvalue weighted by Gasteiger charge is -2.22. The van der Waals surface area contributed by atoms with Gasteiger partial charge in [0, 0.05) is 12.2 Å². The van der Waals surface area contributed by atoms with Gasteiger partial charge in [-0.3, -0.25) is 4.79 Å². The van der Waals surface area contributed by atoms with Gasteiger partial charge in [-0.15, -0.1) is 0 Å². The van der Waals surface area contributed by atoms with Gasteiger partial charge in [0.1, 0.15) is 6.04 Å². The van der Waals surface area contributed by atoms with E-state index in [4.69, 9.17) is 0 Å². The number of aryl methyl sites for hydroxylation is 1. The molecule has 0 aromatic heterocycles. The van der Waals surface area contributed by atoms with E-state index < -0.39 is 0 Å². The van der Waals surface area contributed by atoms with Gasteiger partial charge in [-0.05, 0) is 56.2 Å². The summed E-state index contributed by atoms with van der Waals surface area (Å²) >= 11 is 0. The highest BCUT2D eigenvalue weighted by molar-refractivity contribution is 5.84. The van der Waals surface area contributed by atoms with Gasteiger partial charge in [-0.2, -0.15) is 0 Å². The summed E-state index contributed by atoms with van der Waals surface area (Å²) in [4.78, 5) is 11.9. The molecule has 2 N–H and O–H groups in total. The van der Waals surface area contributed by atoms with E-state index >= 15 is 0 Å². The predicted octanol–water partition coefficient (Wildman–Crippen LogP) is 2.89. The third kappa shape index (κ3) is 3.49. The number of fused-ring (bicyclic) bond motifs is 1. The van der Waals surface area contributed by atoms with Gasteiger partial charge in [0.05, 0.1) is 0 Å². The first kappa shape index (κ1) is 13.9. The van der Waals surface area contributed by atoms with Crippen LogP contribution < -0.4 is 10.6 Å². The molecule has 0 saturated carbocycles. The molecule has 0 bridgehead atoms. The predicted molar refractivity (Wildman–Crippen MR) is 79.5 cm³/mol. The molecule has 0 heterocycles. The number of benzene rings is 1. The van der Waals surface area contributed by atoms with E-state index in [0.29, 0.717) is 0 Å². The van der Waals surface area contributed by atoms with Crippen LogP contribution in [0, 0.1) is 0 Å². The number of carbonyl (C=O) groups excluding carboxylic acids is 1. The van der Waals surface area contributed by atoms with Gasteiger partial charge >= 0.3 is 0 Å². The van der Waals surface area contributed by atoms with Crippen LogP contribution in [-0.2, 0) is 17.6 Å². The number of anilines is 1. The highest BCUT2D eigenvalue weighted by Gasteiger charge is 2.16. The Kier molecular flexibility index (Phi) is 4.83. The fourth-order valence-electron chi connectivity index (χ4n) is 2.62. The average molecular weight is 260 g/mol. The Morgan fingerprint density at radius 3 is 2.89 bits per heavy atom. The molecule has 0 fully saturated rings. The second kappa shape index (κ2) is 6.60. The SMILES string of the molecule is CCCNC(=O)C(C)Nc1cccc2c1CCCC2. The summed E-state index contributed by atoms with van der Waals surface area (Å²) in [6.07, 6.45) is 5.80. The van der Waals surface area contributed by atoms with E-state index in [1.807, 2.05) is 6.92 Å². The minimum Gasteiger partial charge on any atom is -0.374 e. The van der Waals surface area contributed by atoms with Crippen LogP contribution in [-0.4, -0.2) is 18.5 Å². The van der Waals surface area contributed by atoms with Crippen molar-refractivity contribution in [3.05, 3.63) is 29.3 Å². The van der Waals surface area contributed by atoms with Crippen molar-refractivity contribution in [2.75, 3.05) is 11.9 Å². The number of hydrogen-bond donors (Lipinski definition) is 2. The Morgan fingerprint density at radius 2 is 2.11 bits per heavy atom. The standard InChI is InChI=1S/C16H24N2O/c1-3-11-17-16(19)12(2)18-15-10-6-8-13-7-4-5-9-14(13)15/h6,8,10,12,18H,3-5,7,9,11H2,1-2H3,(H,17,19). The normalized spacial score (nSPS) is 15.5. The summed E-state index contributed by atoms with van der Waals surface area (Å²) in [5.41, 5.74) is 3.98. The van der Waals surface area contributed by atoms with Gasteiger partial charge in [-0.25, -0.2) is 0 Å². The minimum atomic E-state index is -0.181. The second-order valence-electron chi connectivity index (χ2n) is 5.31. The topological polar surface area (TPSA) is 41.1 Å². The van der Waals surface area contributed by atoms with Crippen molar-refractivity contribution in [2.45, 2.75) is 52.0 Å². The van der Waals surface area contributed by atoms with Crippen LogP contribution in [0.5, 0.6) is 0 Å². The molecule has 0 spiro atoms. The molecule has 3 nitrogen and oxygen atoms in total. The first-order valence-corrected chi connectivity index (χ1v) is 7.37. The highest BCUT2D eigenvalue weighted by atomic mass is 16.2. The summed E-state index contributed by atoms with van der Waals surface area (Å²) in [5, 5.41) is 6.30. The molecule has 0 aliphatic heterocycles. The molecule has 1 aromatic carbocycles. The maximum absolute atomic E-state index is 11.9. The molecule has 104 valence electrons. The van der Waals surface area contributed by atoms with Crippen LogP contribution in [0.25, 0.3) is 0 Å². The van der Waals surface area contributed by atoms with E-state index in [0.717, 1.165) is 25.1 Å². The first-order chi connectivity index (χ1) is 9.22. The summed E-state index contributed by atoms with van der Waals surface area (Å²) in [7, 11) is 0. The fraction of sp³-hybridized carbons (Fsp3) is 0.562. The molecule has 0 radical (unpaired) electrons. The van der Waals surface area contributed by atoms with Crippen LogP contribution in [0.15, 0.2) is 18.2 Å². The van der Waals surface area contributed by atoms with Crippen LogP contribution in [0.4, 0.5) is 5.69 Å². The Hall–Kier alpha value is -1.51. The highest BCUT2D eigenvalue weighted by Crippen LogP contribution is 2.28. The maximum atomic E-state index is 11.9. The zero-order valence-corrected chi connectivity index (χ0v) is 12.0. The van der Waals surface area contributed by atoms with E-state index in [2.05, 4.69) is 35.8 Å². The maximum Gasteiger partial charge on any atom is 0.242 e. The van der Waals surface area contributed by atoms with Crippen molar-refractivity contribution in [1.29, 1.82) is 0 Å². The molecule has 2 rings (SSSR count). The summed E-state index contributed by atoms with van der Waals surface area (Å²) in [5.74, 6) is 0.0789. The summed E-state index contributed by atoms with van der Waals surface area (Å²) in [6, 6.07) is 6.21. The van der Waals surface area contributed by atoms with Gasteiger partial charge in [-0.1, -0.05) is 19.1 Å². The van der Waals surface area contributed by atoms with Crippen LogP contribution in [0.1, 0.15) is 44.2 Å². The molecule has 1 amide bonds. The molecule has 19 heavy (non-hydrogen) atoms. The van der Waals surface area contributed by atoms with Crippen LogP contribution in [0.3, 0.4) is 0 Å². The lowest BCUT2D eigenvalue weighted by Crippen LogP contribution is -2.38. The smallest absolute Gasteiger partial charge is 0.242 e. The van der Waals surface area contributed by atoms with E-state index in [1.165, 1.54) is 30.4 Å². The van der Waals surface area contributed by atoms with Gasteiger partial charge in [0.2, 0.25) is 5.91 Å². The number of hydrogen-bond acceptors (Lipinski definition) is 2. The van der Waals surface area contributed by atoms with Crippen LogP contribution in [0.2, 0.25) is 0 Å². The van der Waals surface area contributed by atoms with Crippen molar-refractivity contribution in [1.82, 2.24) is 5.32 Å². The monoisotopic (exact) mass is 260 g/mol. The molecule has 1 aliphatic carbocycles. The third-order valence-corrected chi connectivity index (χ3v) is 3.71. The Labute approximate surface area is 115 Å². The minimum absolute atomic E-state index is 0.0789. The fourth-order valence-corrected chi connectivity index (χ4v) is 2.62. The number of nitrogens with one attached hydrogen (secondary N) is 2. The molecule has 1 unspecified atom stereocenters. The molecular weight excluding hydrogens is 236 g/mol. The Balaban J connectivity index is 2.04. The zero-order chi connectivity index (χ0) is 13.7. The van der Waals surface area contributed by atoms with Crippen LogP contribution >= 0.6 is 0 Å². The largest absolute Gasteiger partial charge is 0.374 e. The molecule has 1 aliphatic rings. The number of amides is 1. The Morgan fingerprint density at radius 1 is 1.32 bits per heavy atom. The van der Waals surface area contributed by atoms with E-state index in [9.17, 15) is 4.79 Å². The van der Waals surface area contributed by atoms with Crippen molar-refractivity contribution < 1.29 is 4.79 Å². The Bertz CT molecular complexity index is 442. The number of rotatable bonds is 5. The van der Waals surface area contributed by atoms with Crippen molar-refractivity contribution in [3.8, 4) is 0 Å². The molecule has 0 saturated heterocycles. The van der Waals surface area contributed by atoms with Gasteiger partial charge in [0.25, 0.3) is 0 Å². The summed E-state index contributed by atoms with van der Waals surface area (Å²) in [6.45, 7) is 4.73. The number of carbonyl (C=O) groups is 1. The first-order valence-electron chi connectivity index (χ1n) is 7.37. The molecule has 1 aromatic rings. The molecular formula is C16H24N2O. The average Bonchev–Trinajstić information content (AvgIpc) is 2.45. The van der Waals surface area contributed by atoms with Crippen molar-refractivity contribution in [3.63, 3.8) is 0 Å². The van der Waals surface area contributed by atoms with Gasteiger partial charge in [0.15, 0.2) is 0 Å². The lowest BCUT2D eigenvalue weighted by atomic mass is 9.90. The molecule has 1 atom stereocenters. The zero-order valence-electron chi connectivity index (χ0n) is 12.0. The lowest BCUT2D eigenvalue weighted by molar-refractivity contribution is -0.121. The quantitative estimate of drug-likeness (QED) is 0.854. The van der Waals surface area contributed by atoms with E-state index in [-0.39, 0.29) is 11.9 Å². The van der Waals surface area contributed by atoms with Crippen molar-refractivity contribution in [2.24, 2.45) is 0 Å². The molecule has 3 heteroatoms. The van der Waals surface area contributed by atoms with Crippen molar-refractivity contribution >= 4 is 11.6 Å². The third-order valence-electron chi connectivity index (χ3n) is 3.71. The summed E-state index contributed by atoms with van der Waals surface area (Å²) < 4.78 is 0. The second-order valence-corrected chi connectivity index (χ2v) is 5.31. The van der Waals surface area contributed by atoms with Gasteiger partial charge < -0.3 is 10.6 Å².